The Hall–Kier alpha value is -1.74. The number of aryl methyl sites for hydroxylation is 1. The van der Waals surface area contributed by atoms with E-state index in [9.17, 15) is 0 Å². The zero-order chi connectivity index (χ0) is 13.5. The van der Waals surface area contributed by atoms with Crippen molar-refractivity contribution in [2.45, 2.75) is 32.7 Å². The first kappa shape index (κ1) is 13.7. The molecule has 0 aliphatic carbocycles. The summed E-state index contributed by atoms with van der Waals surface area (Å²) >= 11 is 0. The van der Waals surface area contributed by atoms with Gasteiger partial charge in [0.25, 0.3) is 0 Å². The number of hydrogen-bond donors (Lipinski definition) is 1. The van der Waals surface area contributed by atoms with Crippen LogP contribution in [0.5, 0.6) is 0 Å². The maximum Gasteiger partial charge on any atom is 0.0801 e. The van der Waals surface area contributed by atoms with E-state index in [1.165, 1.54) is 11.1 Å². The molecule has 100 valence electrons. The monoisotopic (exact) mass is 255 g/mol. The van der Waals surface area contributed by atoms with Crippen molar-refractivity contribution in [2.24, 2.45) is 0 Å². The highest BCUT2D eigenvalue weighted by Crippen LogP contribution is 2.21. The van der Waals surface area contributed by atoms with Crippen LogP contribution in [0.2, 0.25) is 0 Å². The third kappa shape index (κ3) is 3.61. The normalized spacial score (nSPS) is 12.3. The van der Waals surface area contributed by atoms with E-state index in [-0.39, 0.29) is 6.04 Å². The molecule has 0 spiro atoms. The summed E-state index contributed by atoms with van der Waals surface area (Å²) in [6.07, 6.45) is 7.45. The Morgan fingerprint density at radius 2 is 2.11 bits per heavy atom. The quantitative estimate of drug-likeness (QED) is 0.861. The Morgan fingerprint density at radius 3 is 2.79 bits per heavy atom. The fraction of sp³-hybridized carbons (Fsp3) is 0.375. The maximum absolute atomic E-state index is 4.44. The summed E-state index contributed by atoms with van der Waals surface area (Å²) in [5, 5.41) is 3.55. The first-order valence-electron chi connectivity index (χ1n) is 6.93. The van der Waals surface area contributed by atoms with Gasteiger partial charge in [-0.3, -0.25) is 9.97 Å². The molecule has 19 heavy (non-hydrogen) atoms. The Labute approximate surface area is 115 Å². The summed E-state index contributed by atoms with van der Waals surface area (Å²) in [6.45, 7) is 5.32. The third-order valence-corrected chi connectivity index (χ3v) is 3.17. The van der Waals surface area contributed by atoms with Gasteiger partial charge in [-0.25, -0.2) is 0 Å². The van der Waals surface area contributed by atoms with Crippen LogP contribution in [0, 0.1) is 0 Å². The molecule has 1 N–H and O–H groups in total. The molecule has 0 fully saturated rings. The summed E-state index contributed by atoms with van der Waals surface area (Å²) in [5.41, 5.74) is 3.59. The molecule has 1 heterocycles. The first-order valence-corrected chi connectivity index (χ1v) is 6.93. The van der Waals surface area contributed by atoms with Crippen molar-refractivity contribution in [3.05, 3.63) is 59.7 Å². The summed E-state index contributed by atoms with van der Waals surface area (Å²) in [7, 11) is 0. The van der Waals surface area contributed by atoms with Crippen LogP contribution in [-0.2, 0) is 6.42 Å². The van der Waals surface area contributed by atoms with Crippen molar-refractivity contribution in [3.63, 3.8) is 0 Å². The minimum Gasteiger partial charge on any atom is -0.305 e. The number of aromatic nitrogens is 2. The lowest BCUT2D eigenvalue weighted by Gasteiger charge is -2.18. The predicted octanol–water partition coefficient (Wildman–Crippen LogP) is 3.13. The van der Waals surface area contributed by atoms with E-state index in [2.05, 4.69) is 53.4 Å². The first-order chi connectivity index (χ1) is 9.35. The highest BCUT2D eigenvalue weighted by atomic mass is 14.9. The minimum absolute atomic E-state index is 0.125. The summed E-state index contributed by atoms with van der Waals surface area (Å²) in [4.78, 5) is 8.62. The number of nitrogens with zero attached hydrogens (tertiary/aromatic N) is 2. The van der Waals surface area contributed by atoms with Crippen LogP contribution in [0.25, 0.3) is 0 Å². The van der Waals surface area contributed by atoms with E-state index in [4.69, 9.17) is 0 Å². The molecule has 2 aromatic rings. The Morgan fingerprint density at radius 1 is 1.21 bits per heavy atom. The lowest BCUT2D eigenvalue weighted by Crippen LogP contribution is -2.24. The molecule has 3 heteroatoms. The number of hydrogen-bond acceptors (Lipinski definition) is 3. The molecule has 0 aliphatic rings. The molecule has 1 atom stereocenters. The molecule has 0 bridgehead atoms. The van der Waals surface area contributed by atoms with Crippen LogP contribution in [0.3, 0.4) is 0 Å². The summed E-state index contributed by atoms with van der Waals surface area (Å²) < 4.78 is 0. The Bertz CT molecular complexity index is 496. The molecule has 0 aliphatic heterocycles. The molecular formula is C16H21N3. The molecule has 1 aromatic carbocycles. The van der Waals surface area contributed by atoms with Gasteiger partial charge in [-0.15, -0.1) is 0 Å². The molecule has 0 amide bonds. The SMILES string of the molecule is CCCNC(c1cccc(CC)c1)c1cnccn1. The number of benzene rings is 1. The van der Waals surface area contributed by atoms with Gasteiger partial charge in [-0.1, -0.05) is 38.1 Å². The highest BCUT2D eigenvalue weighted by molar-refractivity contribution is 5.30. The van der Waals surface area contributed by atoms with Gasteiger partial charge in [-0.2, -0.15) is 0 Å². The molecule has 0 saturated heterocycles. The van der Waals surface area contributed by atoms with Crippen molar-refractivity contribution < 1.29 is 0 Å². The molecule has 2 rings (SSSR count). The standard InChI is InChI=1S/C16H21N3/c1-3-8-19-16(15-12-17-9-10-18-15)14-7-5-6-13(4-2)11-14/h5-7,9-12,16,19H,3-4,8H2,1-2H3. The zero-order valence-electron chi connectivity index (χ0n) is 11.6. The second-order valence-corrected chi connectivity index (χ2v) is 4.62. The van der Waals surface area contributed by atoms with Gasteiger partial charge in [0.15, 0.2) is 0 Å². The van der Waals surface area contributed by atoms with Gasteiger partial charge in [0.1, 0.15) is 0 Å². The molecule has 1 unspecified atom stereocenters. The highest BCUT2D eigenvalue weighted by Gasteiger charge is 2.14. The molecule has 3 nitrogen and oxygen atoms in total. The second kappa shape index (κ2) is 7.00. The van der Waals surface area contributed by atoms with Crippen molar-refractivity contribution in [1.82, 2.24) is 15.3 Å². The maximum atomic E-state index is 4.44. The molecule has 0 radical (unpaired) electrons. The van der Waals surface area contributed by atoms with E-state index in [0.717, 1.165) is 25.1 Å². The largest absolute Gasteiger partial charge is 0.305 e. The zero-order valence-corrected chi connectivity index (χ0v) is 11.6. The van der Waals surface area contributed by atoms with Crippen molar-refractivity contribution in [3.8, 4) is 0 Å². The molecule has 0 saturated carbocycles. The van der Waals surface area contributed by atoms with Gasteiger partial charge < -0.3 is 5.32 Å². The lowest BCUT2D eigenvalue weighted by molar-refractivity contribution is 0.584. The van der Waals surface area contributed by atoms with Crippen LogP contribution >= 0.6 is 0 Å². The fourth-order valence-electron chi connectivity index (χ4n) is 2.13. The van der Waals surface area contributed by atoms with Crippen LogP contribution in [0.15, 0.2) is 42.9 Å². The summed E-state index contributed by atoms with van der Waals surface area (Å²) in [5.74, 6) is 0. The van der Waals surface area contributed by atoms with Crippen LogP contribution in [-0.4, -0.2) is 16.5 Å². The van der Waals surface area contributed by atoms with Gasteiger partial charge in [-0.05, 0) is 30.5 Å². The average molecular weight is 255 g/mol. The van der Waals surface area contributed by atoms with Gasteiger partial charge in [0.2, 0.25) is 0 Å². The van der Waals surface area contributed by atoms with Crippen LogP contribution in [0.1, 0.15) is 43.1 Å². The lowest BCUT2D eigenvalue weighted by atomic mass is 10.0. The van der Waals surface area contributed by atoms with Crippen LogP contribution in [0.4, 0.5) is 0 Å². The smallest absolute Gasteiger partial charge is 0.0801 e. The molecular weight excluding hydrogens is 234 g/mol. The topological polar surface area (TPSA) is 37.8 Å². The predicted molar refractivity (Wildman–Crippen MR) is 78.0 cm³/mol. The second-order valence-electron chi connectivity index (χ2n) is 4.62. The van der Waals surface area contributed by atoms with Gasteiger partial charge in [0.05, 0.1) is 17.9 Å². The van der Waals surface area contributed by atoms with Crippen molar-refractivity contribution in [2.75, 3.05) is 6.54 Å². The van der Waals surface area contributed by atoms with E-state index in [1.54, 1.807) is 12.4 Å². The van der Waals surface area contributed by atoms with E-state index in [1.807, 2.05) is 6.20 Å². The third-order valence-electron chi connectivity index (χ3n) is 3.17. The van der Waals surface area contributed by atoms with E-state index >= 15 is 0 Å². The van der Waals surface area contributed by atoms with Crippen molar-refractivity contribution in [1.29, 1.82) is 0 Å². The molecule has 1 aromatic heterocycles. The van der Waals surface area contributed by atoms with Gasteiger partial charge in [0, 0.05) is 12.4 Å². The number of nitrogens with one attached hydrogen (secondary N) is 1. The fourth-order valence-corrected chi connectivity index (χ4v) is 2.13. The Kier molecular flexibility index (Phi) is 5.04. The average Bonchev–Trinajstić information content (AvgIpc) is 2.49. The summed E-state index contributed by atoms with van der Waals surface area (Å²) in [6, 6.07) is 8.81. The van der Waals surface area contributed by atoms with Gasteiger partial charge >= 0.3 is 0 Å². The number of rotatable bonds is 6. The van der Waals surface area contributed by atoms with Crippen LogP contribution < -0.4 is 5.32 Å². The van der Waals surface area contributed by atoms with Crippen molar-refractivity contribution >= 4 is 0 Å². The van der Waals surface area contributed by atoms with E-state index < -0.39 is 0 Å². The Balaban J connectivity index is 2.31. The van der Waals surface area contributed by atoms with E-state index in [0.29, 0.717) is 0 Å². The minimum atomic E-state index is 0.125.